The van der Waals surface area contributed by atoms with E-state index in [1.165, 1.54) is 44.1 Å². The van der Waals surface area contributed by atoms with Crippen molar-refractivity contribution in [3.63, 3.8) is 0 Å². The quantitative estimate of drug-likeness (QED) is 0.501. The fourth-order valence-corrected chi connectivity index (χ4v) is 7.80. The van der Waals surface area contributed by atoms with Crippen LogP contribution in [0.1, 0.15) is 63.5 Å². The zero-order chi connectivity index (χ0) is 21.0. The molecule has 6 rings (SSSR count). The molecule has 4 aliphatic rings. The zero-order valence-corrected chi connectivity index (χ0v) is 19.5. The summed E-state index contributed by atoms with van der Waals surface area (Å²) in [6.07, 6.45) is 8.30. The largest absolute Gasteiger partial charge is 0.489 e. The zero-order valence-electron chi connectivity index (χ0n) is 17.9. The first-order chi connectivity index (χ1) is 14.2. The normalized spacial score (nSPS) is 34.3. The van der Waals surface area contributed by atoms with Crippen molar-refractivity contribution in [3.05, 3.63) is 63.6 Å². The summed E-state index contributed by atoms with van der Waals surface area (Å²) in [4.78, 5) is 0. The number of hydrogen-bond donors (Lipinski definition) is 1. The number of rotatable bonds is 6. The van der Waals surface area contributed by atoms with Crippen LogP contribution < -0.4 is 10.1 Å². The van der Waals surface area contributed by atoms with E-state index in [9.17, 15) is 0 Å². The molecule has 4 saturated carbocycles. The minimum absolute atomic E-state index is 0.319. The molecule has 4 fully saturated rings. The SMILES string of the molecule is CC12CC3CC(C)(C1)CC(NCc1cccc(OCc4ccc(Cl)c(Cl)c4)c1)(C3)C2. The maximum absolute atomic E-state index is 6.11. The molecule has 0 radical (unpaired) electrons. The second-order valence-electron chi connectivity index (χ2n) is 10.9. The number of ether oxygens (including phenoxy) is 1. The summed E-state index contributed by atoms with van der Waals surface area (Å²) in [6.45, 7) is 6.45. The molecule has 0 aliphatic heterocycles. The van der Waals surface area contributed by atoms with Gasteiger partial charge in [-0.05, 0) is 90.7 Å². The van der Waals surface area contributed by atoms with Crippen molar-refractivity contribution in [1.29, 1.82) is 0 Å². The van der Waals surface area contributed by atoms with Gasteiger partial charge in [-0.25, -0.2) is 0 Å². The van der Waals surface area contributed by atoms with Gasteiger partial charge in [-0.15, -0.1) is 0 Å². The van der Waals surface area contributed by atoms with Crippen LogP contribution in [0, 0.1) is 16.7 Å². The molecule has 2 nitrogen and oxygen atoms in total. The standard InChI is InChI=1S/C26H31Cl2NO/c1-24-10-20-11-25(2,15-24)17-26(12-20,16-24)29-13-18-4-3-5-21(8-18)30-14-19-6-7-22(27)23(28)9-19/h3-9,20,29H,10-17H2,1-2H3. The van der Waals surface area contributed by atoms with Crippen molar-refractivity contribution in [1.82, 2.24) is 5.32 Å². The molecule has 0 saturated heterocycles. The van der Waals surface area contributed by atoms with Crippen LogP contribution in [0.4, 0.5) is 0 Å². The molecule has 1 N–H and O–H groups in total. The van der Waals surface area contributed by atoms with Crippen LogP contribution >= 0.6 is 23.2 Å². The van der Waals surface area contributed by atoms with Gasteiger partial charge in [0.25, 0.3) is 0 Å². The number of halogens is 2. The van der Waals surface area contributed by atoms with Crippen LogP contribution in [0.2, 0.25) is 10.0 Å². The van der Waals surface area contributed by atoms with Crippen molar-refractivity contribution in [2.24, 2.45) is 16.7 Å². The molecule has 160 valence electrons. The van der Waals surface area contributed by atoms with Gasteiger partial charge in [0.05, 0.1) is 10.0 Å². The highest BCUT2D eigenvalue weighted by molar-refractivity contribution is 6.42. The summed E-state index contributed by atoms with van der Waals surface area (Å²) >= 11 is 12.1. The summed E-state index contributed by atoms with van der Waals surface area (Å²) in [5.41, 5.74) is 3.69. The van der Waals surface area contributed by atoms with Gasteiger partial charge in [-0.1, -0.05) is 55.2 Å². The lowest BCUT2D eigenvalue weighted by Crippen LogP contribution is -2.63. The molecule has 4 bridgehead atoms. The number of nitrogens with one attached hydrogen (secondary N) is 1. The molecular formula is C26H31Cl2NO. The Morgan fingerprint density at radius 1 is 0.900 bits per heavy atom. The van der Waals surface area contributed by atoms with Crippen LogP contribution in [0.25, 0.3) is 0 Å². The average molecular weight is 444 g/mol. The number of hydrogen-bond acceptors (Lipinski definition) is 2. The monoisotopic (exact) mass is 443 g/mol. The fourth-order valence-electron chi connectivity index (χ4n) is 7.48. The van der Waals surface area contributed by atoms with E-state index >= 15 is 0 Å². The second kappa shape index (κ2) is 7.43. The molecule has 2 unspecified atom stereocenters. The summed E-state index contributed by atoms with van der Waals surface area (Å²) in [5, 5.41) is 5.15. The molecule has 2 aromatic rings. The van der Waals surface area contributed by atoms with Crippen LogP contribution in [-0.2, 0) is 13.2 Å². The minimum atomic E-state index is 0.319. The predicted octanol–water partition coefficient (Wildman–Crippen LogP) is 7.41. The van der Waals surface area contributed by atoms with Gasteiger partial charge in [0, 0.05) is 12.1 Å². The fraction of sp³-hybridized carbons (Fsp3) is 0.538. The summed E-state index contributed by atoms with van der Waals surface area (Å²) in [7, 11) is 0. The third-order valence-electron chi connectivity index (χ3n) is 7.58. The van der Waals surface area contributed by atoms with Gasteiger partial charge in [0.1, 0.15) is 12.4 Å². The maximum atomic E-state index is 6.11. The molecule has 0 spiro atoms. The third kappa shape index (κ3) is 4.11. The molecule has 0 amide bonds. The second-order valence-corrected chi connectivity index (χ2v) is 11.8. The van der Waals surface area contributed by atoms with Crippen molar-refractivity contribution in [2.75, 3.05) is 0 Å². The van der Waals surface area contributed by atoms with E-state index in [0.29, 0.717) is 33.0 Å². The van der Waals surface area contributed by atoms with Crippen LogP contribution in [0.3, 0.4) is 0 Å². The van der Waals surface area contributed by atoms with E-state index < -0.39 is 0 Å². The summed E-state index contributed by atoms with van der Waals surface area (Å²) < 4.78 is 6.03. The molecule has 4 heteroatoms. The molecule has 30 heavy (non-hydrogen) atoms. The highest BCUT2D eigenvalue weighted by Gasteiger charge is 2.59. The Labute approximate surface area is 190 Å². The Morgan fingerprint density at radius 3 is 2.37 bits per heavy atom. The molecule has 2 atom stereocenters. The van der Waals surface area contributed by atoms with Gasteiger partial charge >= 0.3 is 0 Å². The van der Waals surface area contributed by atoms with Gasteiger partial charge in [0.15, 0.2) is 0 Å². The predicted molar refractivity (Wildman–Crippen MR) is 124 cm³/mol. The van der Waals surface area contributed by atoms with E-state index in [2.05, 4.69) is 37.4 Å². The third-order valence-corrected chi connectivity index (χ3v) is 8.32. The lowest BCUT2D eigenvalue weighted by molar-refractivity contribution is -0.118. The summed E-state index contributed by atoms with van der Waals surface area (Å²) in [5.74, 6) is 1.80. The lowest BCUT2D eigenvalue weighted by atomic mass is 9.43. The van der Waals surface area contributed by atoms with E-state index in [4.69, 9.17) is 27.9 Å². The Balaban J connectivity index is 1.24. The highest BCUT2D eigenvalue weighted by atomic mass is 35.5. The molecule has 4 aliphatic carbocycles. The lowest BCUT2D eigenvalue weighted by Gasteiger charge is -2.65. The smallest absolute Gasteiger partial charge is 0.120 e. The van der Waals surface area contributed by atoms with Gasteiger partial charge in [-0.3, -0.25) is 0 Å². The first kappa shape index (κ1) is 20.7. The molecule has 0 aromatic heterocycles. The highest BCUT2D eigenvalue weighted by Crippen LogP contribution is 2.66. The van der Waals surface area contributed by atoms with Gasteiger partial charge in [0.2, 0.25) is 0 Å². The van der Waals surface area contributed by atoms with Crippen LogP contribution in [-0.4, -0.2) is 5.54 Å². The Bertz CT molecular complexity index is 940. The Hall–Kier alpha value is -1.22. The van der Waals surface area contributed by atoms with Gasteiger partial charge < -0.3 is 10.1 Å². The molecular weight excluding hydrogens is 413 g/mol. The van der Waals surface area contributed by atoms with E-state index in [1.807, 2.05) is 24.3 Å². The molecule has 2 aromatic carbocycles. The Kier molecular flexibility index (Phi) is 5.12. The van der Waals surface area contributed by atoms with Crippen molar-refractivity contribution < 1.29 is 4.74 Å². The van der Waals surface area contributed by atoms with E-state index in [1.54, 1.807) is 0 Å². The van der Waals surface area contributed by atoms with Crippen molar-refractivity contribution >= 4 is 23.2 Å². The average Bonchev–Trinajstić information content (AvgIpc) is 2.65. The van der Waals surface area contributed by atoms with Crippen molar-refractivity contribution in [2.45, 2.75) is 71.1 Å². The molecule has 0 heterocycles. The Morgan fingerprint density at radius 2 is 1.67 bits per heavy atom. The first-order valence-electron chi connectivity index (χ1n) is 11.1. The van der Waals surface area contributed by atoms with Crippen LogP contribution in [0.5, 0.6) is 5.75 Å². The van der Waals surface area contributed by atoms with Crippen molar-refractivity contribution in [3.8, 4) is 5.75 Å². The number of benzene rings is 2. The topological polar surface area (TPSA) is 21.3 Å². The summed E-state index contributed by atoms with van der Waals surface area (Å²) in [6, 6.07) is 14.1. The minimum Gasteiger partial charge on any atom is -0.489 e. The van der Waals surface area contributed by atoms with Gasteiger partial charge in [-0.2, -0.15) is 0 Å². The van der Waals surface area contributed by atoms with E-state index in [0.717, 1.165) is 23.8 Å². The first-order valence-corrected chi connectivity index (χ1v) is 11.9. The maximum Gasteiger partial charge on any atom is 0.120 e. The van der Waals surface area contributed by atoms with Crippen LogP contribution in [0.15, 0.2) is 42.5 Å². The van der Waals surface area contributed by atoms with E-state index in [-0.39, 0.29) is 0 Å².